The Labute approximate surface area is 126 Å². The van der Waals surface area contributed by atoms with Gasteiger partial charge in [-0.05, 0) is 45.2 Å². The fourth-order valence-corrected chi connectivity index (χ4v) is 5.38. The Morgan fingerprint density at radius 3 is 2.65 bits per heavy atom. The molecule has 1 saturated carbocycles. The molecule has 1 aromatic rings. The number of sulfonamides is 1. The van der Waals surface area contributed by atoms with Crippen LogP contribution in [0.15, 0.2) is 16.3 Å². The van der Waals surface area contributed by atoms with Crippen molar-refractivity contribution in [2.75, 3.05) is 13.1 Å². The van der Waals surface area contributed by atoms with Crippen LogP contribution in [0.2, 0.25) is 0 Å². The van der Waals surface area contributed by atoms with E-state index in [1.807, 2.05) is 26.8 Å². The predicted octanol–water partition coefficient (Wildman–Crippen LogP) is 2.46. The lowest BCUT2D eigenvalue weighted by Crippen LogP contribution is -2.36. The highest BCUT2D eigenvalue weighted by Gasteiger charge is 2.27. The minimum atomic E-state index is -3.33. The van der Waals surface area contributed by atoms with Gasteiger partial charge in [-0.25, -0.2) is 8.42 Å². The molecule has 0 spiro atoms. The highest BCUT2D eigenvalue weighted by molar-refractivity contribution is 7.91. The normalized spacial score (nSPS) is 16.2. The molecule has 0 aliphatic heterocycles. The van der Waals surface area contributed by atoms with E-state index < -0.39 is 10.0 Å². The van der Waals surface area contributed by atoms with Crippen molar-refractivity contribution in [3.05, 3.63) is 17.0 Å². The Morgan fingerprint density at radius 2 is 2.10 bits per heavy atom. The summed E-state index contributed by atoms with van der Waals surface area (Å²) in [5.74, 6) is 0. The van der Waals surface area contributed by atoms with Crippen LogP contribution in [-0.4, -0.2) is 37.9 Å². The molecule has 0 atom stereocenters. The summed E-state index contributed by atoms with van der Waals surface area (Å²) in [7, 11) is -3.33. The number of thiophene rings is 1. The SMILES string of the molecule is CCN(C(C)C)S(=O)(=O)c1ccc(CCNC2CC2)s1. The van der Waals surface area contributed by atoms with Gasteiger partial charge in [-0.15, -0.1) is 11.3 Å². The summed E-state index contributed by atoms with van der Waals surface area (Å²) in [4.78, 5) is 1.14. The molecule has 1 heterocycles. The lowest BCUT2D eigenvalue weighted by Gasteiger charge is -2.23. The van der Waals surface area contributed by atoms with Gasteiger partial charge in [0.05, 0.1) is 0 Å². The number of rotatable bonds is 8. The van der Waals surface area contributed by atoms with Crippen molar-refractivity contribution >= 4 is 21.4 Å². The summed E-state index contributed by atoms with van der Waals surface area (Å²) in [6.07, 6.45) is 3.47. The number of hydrogen-bond donors (Lipinski definition) is 1. The van der Waals surface area contributed by atoms with Crippen molar-refractivity contribution in [1.29, 1.82) is 0 Å². The minimum absolute atomic E-state index is 0.00733. The van der Waals surface area contributed by atoms with Gasteiger partial charge in [-0.3, -0.25) is 0 Å². The molecule has 114 valence electrons. The zero-order valence-electron chi connectivity index (χ0n) is 12.4. The van der Waals surface area contributed by atoms with Crippen molar-refractivity contribution in [2.24, 2.45) is 0 Å². The molecule has 4 nitrogen and oxygen atoms in total. The molecule has 6 heteroatoms. The molecular weight excluding hydrogens is 292 g/mol. The second-order valence-electron chi connectivity index (χ2n) is 5.50. The van der Waals surface area contributed by atoms with Crippen LogP contribution in [0, 0.1) is 0 Å². The molecule has 0 radical (unpaired) electrons. The van der Waals surface area contributed by atoms with E-state index >= 15 is 0 Å². The maximum atomic E-state index is 12.5. The van der Waals surface area contributed by atoms with E-state index in [2.05, 4.69) is 5.32 Å². The van der Waals surface area contributed by atoms with Gasteiger partial charge < -0.3 is 5.32 Å². The van der Waals surface area contributed by atoms with Crippen LogP contribution < -0.4 is 5.32 Å². The summed E-state index contributed by atoms with van der Waals surface area (Å²) in [6, 6.07) is 4.39. The molecule has 0 aromatic carbocycles. The Balaban J connectivity index is 2.02. The van der Waals surface area contributed by atoms with Crippen LogP contribution in [0.1, 0.15) is 38.5 Å². The molecule has 1 aliphatic carbocycles. The maximum Gasteiger partial charge on any atom is 0.252 e. The van der Waals surface area contributed by atoms with Crippen LogP contribution >= 0.6 is 11.3 Å². The zero-order valence-corrected chi connectivity index (χ0v) is 14.1. The quantitative estimate of drug-likeness (QED) is 0.801. The van der Waals surface area contributed by atoms with E-state index in [1.165, 1.54) is 24.2 Å². The van der Waals surface area contributed by atoms with E-state index in [4.69, 9.17) is 0 Å². The summed E-state index contributed by atoms with van der Waals surface area (Å²) in [6.45, 7) is 7.15. The van der Waals surface area contributed by atoms with Crippen molar-refractivity contribution < 1.29 is 8.42 Å². The summed E-state index contributed by atoms with van der Waals surface area (Å²) < 4.78 is 27.1. The Morgan fingerprint density at radius 1 is 1.40 bits per heavy atom. The average molecular weight is 316 g/mol. The van der Waals surface area contributed by atoms with Crippen molar-refractivity contribution in [2.45, 2.75) is 56.3 Å². The van der Waals surface area contributed by atoms with Gasteiger partial charge in [0.15, 0.2) is 0 Å². The van der Waals surface area contributed by atoms with Crippen LogP contribution in [0.3, 0.4) is 0 Å². The summed E-state index contributed by atoms with van der Waals surface area (Å²) >= 11 is 1.40. The molecular formula is C14H24N2O2S2. The molecule has 0 unspecified atom stereocenters. The zero-order chi connectivity index (χ0) is 14.8. The second-order valence-corrected chi connectivity index (χ2v) is 8.79. The Bertz CT molecular complexity index is 533. The smallest absolute Gasteiger partial charge is 0.252 e. The monoisotopic (exact) mass is 316 g/mol. The van der Waals surface area contributed by atoms with Crippen molar-refractivity contribution in [3.8, 4) is 0 Å². The van der Waals surface area contributed by atoms with E-state index in [1.54, 1.807) is 10.4 Å². The third-order valence-electron chi connectivity index (χ3n) is 3.47. The van der Waals surface area contributed by atoms with Gasteiger partial charge in [0, 0.05) is 30.1 Å². The first-order chi connectivity index (χ1) is 9.45. The molecule has 0 amide bonds. The van der Waals surface area contributed by atoms with Crippen LogP contribution in [0.5, 0.6) is 0 Å². The Hall–Kier alpha value is -0.430. The lowest BCUT2D eigenvalue weighted by atomic mass is 10.3. The molecule has 20 heavy (non-hydrogen) atoms. The third kappa shape index (κ3) is 3.81. The molecule has 2 rings (SSSR count). The molecule has 1 aromatic heterocycles. The first kappa shape index (κ1) is 15.9. The van der Waals surface area contributed by atoms with E-state index in [-0.39, 0.29) is 6.04 Å². The molecule has 0 bridgehead atoms. The molecule has 1 N–H and O–H groups in total. The molecule has 1 aliphatic rings. The average Bonchev–Trinajstić information content (AvgIpc) is 3.05. The largest absolute Gasteiger partial charge is 0.314 e. The van der Waals surface area contributed by atoms with Gasteiger partial charge in [0.2, 0.25) is 0 Å². The lowest BCUT2D eigenvalue weighted by molar-refractivity contribution is 0.370. The van der Waals surface area contributed by atoms with E-state index in [0.717, 1.165) is 17.8 Å². The number of nitrogens with one attached hydrogen (secondary N) is 1. The van der Waals surface area contributed by atoms with Crippen LogP contribution in [0.25, 0.3) is 0 Å². The second kappa shape index (κ2) is 6.56. The maximum absolute atomic E-state index is 12.5. The first-order valence-electron chi connectivity index (χ1n) is 7.29. The predicted molar refractivity (Wildman–Crippen MR) is 83.7 cm³/mol. The standard InChI is InChI=1S/C14H24N2O2S2/c1-4-16(11(2)3)20(17,18)14-8-7-13(19-14)9-10-15-12-5-6-12/h7-8,11-12,15H,4-6,9-10H2,1-3H3. The fraction of sp³-hybridized carbons (Fsp3) is 0.714. The fourth-order valence-electron chi connectivity index (χ4n) is 2.25. The van der Waals surface area contributed by atoms with E-state index in [0.29, 0.717) is 16.8 Å². The topological polar surface area (TPSA) is 49.4 Å². The minimum Gasteiger partial charge on any atom is -0.314 e. The molecule has 1 fully saturated rings. The van der Waals surface area contributed by atoms with E-state index in [9.17, 15) is 8.42 Å². The number of hydrogen-bond acceptors (Lipinski definition) is 4. The number of nitrogens with zero attached hydrogens (tertiary/aromatic N) is 1. The molecule has 0 saturated heterocycles. The summed E-state index contributed by atoms with van der Waals surface area (Å²) in [5, 5.41) is 3.45. The van der Waals surface area contributed by atoms with Gasteiger partial charge in [-0.2, -0.15) is 4.31 Å². The first-order valence-corrected chi connectivity index (χ1v) is 9.54. The highest BCUT2D eigenvalue weighted by Crippen LogP contribution is 2.26. The van der Waals surface area contributed by atoms with Gasteiger partial charge >= 0.3 is 0 Å². The highest BCUT2D eigenvalue weighted by atomic mass is 32.2. The van der Waals surface area contributed by atoms with Crippen LogP contribution in [-0.2, 0) is 16.4 Å². The van der Waals surface area contributed by atoms with Crippen molar-refractivity contribution in [3.63, 3.8) is 0 Å². The Kier molecular flexibility index (Phi) is 5.23. The van der Waals surface area contributed by atoms with Gasteiger partial charge in [0.25, 0.3) is 10.0 Å². The van der Waals surface area contributed by atoms with Gasteiger partial charge in [-0.1, -0.05) is 6.92 Å². The van der Waals surface area contributed by atoms with Crippen molar-refractivity contribution in [1.82, 2.24) is 9.62 Å². The van der Waals surface area contributed by atoms with Crippen LogP contribution in [0.4, 0.5) is 0 Å². The third-order valence-corrected chi connectivity index (χ3v) is 7.23. The summed E-state index contributed by atoms with van der Waals surface area (Å²) in [5.41, 5.74) is 0. The van der Waals surface area contributed by atoms with Gasteiger partial charge in [0.1, 0.15) is 4.21 Å².